The van der Waals surface area contributed by atoms with Crippen molar-refractivity contribution < 1.29 is 8.42 Å². The molecule has 4 heteroatoms. The van der Waals surface area contributed by atoms with Gasteiger partial charge >= 0.3 is 0 Å². The van der Waals surface area contributed by atoms with Gasteiger partial charge in [0.15, 0.2) is 9.84 Å². The molecule has 2 aromatic carbocycles. The maximum Gasteiger partial charge on any atom is 0.175 e. The molecule has 17 heavy (non-hydrogen) atoms. The molecular weight excluding hydrogens is 234 g/mol. The predicted molar refractivity (Wildman–Crippen MR) is 69.3 cm³/mol. The fourth-order valence-electron chi connectivity index (χ4n) is 1.47. The number of anilines is 2. The molecule has 0 unspecified atom stereocenters. The smallest absolute Gasteiger partial charge is 0.175 e. The van der Waals surface area contributed by atoms with Gasteiger partial charge in [0.25, 0.3) is 0 Å². The lowest BCUT2D eigenvalue weighted by molar-refractivity contribution is 0.602. The second-order valence-corrected chi connectivity index (χ2v) is 5.80. The molecule has 0 saturated heterocycles. The van der Waals surface area contributed by atoms with Crippen LogP contribution in [0.3, 0.4) is 0 Å². The maximum absolute atomic E-state index is 11.3. The van der Waals surface area contributed by atoms with Crippen molar-refractivity contribution in [3.63, 3.8) is 0 Å². The molecule has 0 aliphatic rings. The van der Waals surface area contributed by atoms with Crippen LogP contribution >= 0.6 is 0 Å². The van der Waals surface area contributed by atoms with E-state index in [1.165, 1.54) is 6.26 Å². The quantitative estimate of drug-likeness (QED) is 0.907. The van der Waals surface area contributed by atoms with E-state index in [4.69, 9.17) is 0 Å². The van der Waals surface area contributed by atoms with Crippen molar-refractivity contribution >= 4 is 21.2 Å². The minimum absolute atomic E-state index is 0.330. The molecule has 2 rings (SSSR count). The van der Waals surface area contributed by atoms with Gasteiger partial charge in [-0.15, -0.1) is 0 Å². The molecule has 2 aromatic rings. The fourth-order valence-corrected chi connectivity index (χ4v) is 2.10. The Morgan fingerprint density at radius 2 is 1.35 bits per heavy atom. The van der Waals surface area contributed by atoms with Crippen molar-refractivity contribution in [2.24, 2.45) is 0 Å². The first-order valence-corrected chi connectivity index (χ1v) is 7.07. The van der Waals surface area contributed by atoms with E-state index in [0.717, 1.165) is 11.4 Å². The van der Waals surface area contributed by atoms with Crippen molar-refractivity contribution in [2.75, 3.05) is 11.6 Å². The number of benzene rings is 2. The normalized spacial score (nSPS) is 11.1. The topological polar surface area (TPSA) is 46.2 Å². The largest absolute Gasteiger partial charge is 0.356 e. The highest BCUT2D eigenvalue weighted by Crippen LogP contribution is 2.18. The minimum Gasteiger partial charge on any atom is -0.356 e. The number of sulfone groups is 1. The van der Waals surface area contributed by atoms with Gasteiger partial charge in [-0.3, -0.25) is 0 Å². The lowest BCUT2D eigenvalue weighted by Gasteiger charge is -2.06. The van der Waals surface area contributed by atoms with Crippen molar-refractivity contribution in [1.29, 1.82) is 0 Å². The lowest BCUT2D eigenvalue weighted by Crippen LogP contribution is -1.97. The summed E-state index contributed by atoms with van der Waals surface area (Å²) in [7, 11) is -3.12. The summed E-state index contributed by atoms with van der Waals surface area (Å²) in [4.78, 5) is 0.330. The molecule has 3 nitrogen and oxygen atoms in total. The van der Waals surface area contributed by atoms with Gasteiger partial charge in [0.05, 0.1) is 4.90 Å². The van der Waals surface area contributed by atoms with Gasteiger partial charge in [-0.05, 0) is 36.4 Å². The van der Waals surface area contributed by atoms with E-state index in [-0.39, 0.29) is 0 Å². The Labute approximate surface area is 101 Å². The summed E-state index contributed by atoms with van der Waals surface area (Å²) in [6.07, 6.45) is 1.20. The number of nitrogens with one attached hydrogen (secondary N) is 1. The number of hydrogen-bond donors (Lipinski definition) is 1. The molecule has 0 aliphatic carbocycles. The molecular formula is C13H13NO2S. The first kappa shape index (κ1) is 11.7. The third-order valence-electron chi connectivity index (χ3n) is 2.34. The van der Waals surface area contributed by atoms with Crippen LogP contribution in [0.2, 0.25) is 0 Å². The molecule has 0 spiro atoms. The monoisotopic (exact) mass is 247 g/mol. The molecule has 0 amide bonds. The molecule has 0 aliphatic heterocycles. The minimum atomic E-state index is -3.12. The fraction of sp³-hybridized carbons (Fsp3) is 0.0769. The summed E-state index contributed by atoms with van der Waals surface area (Å²) in [5.41, 5.74) is 1.84. The molecule has 0 heterocycles. The van der Waals surface area contributed by atoms with Crippen LogP contribution in [-0.4, -0.2) is 14.7 Å². The van der Waals surface area contributed by atoms with Gasteiger partial charge in [-0.25, -0.2) is 8.42 Å². The summed E-state index contributed by atoms with van der Waals surface area (Å²) < 4.78 is 22.6. The van der Waals surface area contributed by atoms with E-state index in [1.54, 1.807) is 24.3 Å². The van der Waals surface area contributed by atoms with Gasteiger partial charge < -0.3 is 5.32 Å². The van der Waals surface area contributed by atoms with Crippen LogP contribution in [0.1, 0.15) is 0 Å². The van der Waals surface area contributed by atoms with Gasteiger partial charge in [-0.1, -0.05) is 18.2 Å². The van der Waals surface area contributed by atoms with Crippen molar-refractivity contribution in [3.05, 3.63) is 54.6 Å². The first-order valence-electron chi connectivity index (χ1n) is 5.18. The average Bonchev–Trinajstić information content (AvgIpc) is 2.30. The average molecular weight is 247 g/mol. The van der Waals surface area contributed by atoms with E-state index >= 15 is 0 Å². The Hall–Kier alpha value is -1.81. The summed E-state index contributed by atoms with van der Waals surface area (Å²) in [5, 5.41) is 3.19. The van der Waals surface area contributed by atoms with Crippen LogP contribution in [0.15, 0.2) is 59.5 Å². The Morgan fingerprint density at radius 1 is 0.824 bits per heavy atom. The zero-order valence-electron chi connectivity index (χ0n) is 9.42. The van der Waals surface area contributed by atoms with Crippen LogP contribution in [0, 0.1) is 0 Å². The van der Waals surface area contributed by atoms with E-state index in [9.17, 15) is 8.42 Å². The summed E-state index contributed by atoms with van der Waals surface area (Å²) in [6.45, 7) is 0. The molecule has 0 fully saturated rings. The Bertz CT molecular complexity index is 589. The lowest BCUT2D eigenvalue weighted by atomic mass is 10.3. The van der Waals surface area contributed by atoms with Crippen LogP contribution in [0.25, 0.3) is 0 Å². The molecule has 0 aromatic heterocycles. The highest BCUT2D eigenvalue weighted by atomic mass is 32.2. The number of hydrogen-bond acceptors (Lipinski definition) is 3. The van der Waals surface area contributed by atoms with Gasteiger partial charge in [-0.2, -0.15) is 0 Å². The van der Waals surface area contributed by atoms with E-state index in [0.29, 0.717) is 4.90 Å². The number of para-hydroxylation sites is 1. The number of rotatable bonds is 3. The summed E-state index contributed by atoms with van der Waals surface area (Å²) in [6, 6.07) is 16.4. The second kappa shape index (κ2) is 4.59. The highest BCUT2D eigenvalue weighted by Gasteiger charge is 2.05. The van der Waals surface area contributed by atoms with Crippen LogP contribution in [0.4, 0.5) is 11.4 Å². The standard InChI is InChI=1S/C13H13NO2S/c1-17(15,16)13-9-7-12(8-10-13)14-11-5-3-2-4-6-11/h2-10,14H,1H3. The summed E-state index contributed by atoms with van der Waals surface area (Å²) in [5.74, 6) is 0. The molecule has 0 saturated carbocycles. The van der Waals surface area contributed by atoms with Crippen LogP contribution in [0.5, 0.6) is 0 Å². The predicted octanol–water partition coefficient (Wildman–Crippen LogP) is 2.83. The maximum atomic E-state index is 11.3. The van der Waals surface area contributed by atoms with Crippen molar-refractivity contribution in [1.82, 2.24) is 0 Å². The summed E-state index contributed by atoms with van der Waals surface area (Å²) >= 11 is 0. The molecule has 0 bridgehead atoms. The zero-order valence-corrected chi connectivity index (χ0v) is 10.2. The van der Waals surface area contributed by atoms with Gasteiger partial charge in [0.2, 0.25) is 0 Å². The van der Waals surface area contributed by atoms with Gasteiger partial charge in [0.1, 0.15) is 0 Å². The molecule has 88 valence electrons. The van der Waals surface area contributed by atoms with Crippen LogP contribution in [-0.2, 0) is 9.84 Å². The van der Waals surface area contributed by atoms with Crippen LogP contribution < -0.4 is 5.32 Å². The third kappa shape index (κ3) is 3.07. The Kier molecular flexibility index (Phi) is 3.15. The molecule has 0 radical (unpaired) electrons. The van der Waals surface area contributed by atoms with E-state index in [2.05, 4.69) is 5.32 Å². The third-order valence-corrected chi connectivity index (χ3v) is 3.47. The highest BCUT2D eigenvalue weighted by molar-refractivity contribution is 7.90. The SMILES string of the molecule is CS(=O)(=O)c1ccc(Nc2ccccc2)cc1. The Morgan fingerprint density at radius 3 is 1.88 bits per heavy atom. The van der Waals surface area contributed by atoms with E-state index in [1.807, 2.05) is 30.3 Å². The van der Waals surface area contributed by atoms with Crippen molar-refractivity contribution in [2.45, 2.75) is 4.90 Å². The molecule has 0 atom stereocenters. The second-order valence-electron chi connectivity index (χ2n) is 3.79. The van der Waals surface area contributed by atoms with Crippen molar-refractivity contribution in [3.8, 4) is 0 Å². The van der Waals surface area contributed by atoms with Gasteiger partial charge in [0, 0.05) is 17.6 Å². The van der Waals surface area contributed by atoms with E-state index < -0.39 is 9.84 Å². The Balaban J connectivity index is 2.20. The molecule has 1 N–H and O–H groups in total. The first-order chi connectivity index (χ1) is 8.05. The zero-order chi connectivity index (χ0) is 12.3.